The zero-order valence-corrected chi connectivity index (χ0v) is 8.18. The monoisotopic (exact) mass is 192 g/mol. The minimum absolute atomic E-state index is 0.169. The minimum Gasteiger partial charge on any atom is -0.444 e. The molecule has 0 aliphatic rings. The number of azo groups is 1. The van der Waals surface area contributed by atoms with Crippen LogP contribution in [0.5, 0.6) is 0 Å². The highest BCUT2D eigenvalue weighted by molar-refractivity contribution is 5.68. The van der Waals surface area contributed by atoms with E-state index in [1.54, 1.807) is 26.0 Å². The number of carbonyl (C=O) groups is 1. The minimum atomic E-state index is -0.663. The fourth-order valence-corrected chi connectivity index (χ4v) is 0.818. The van der Waals surface area contributed by atoms with Crippen LogP contribution in [0, 0.1) is 0 Å². The Hall–Kier alpha value is -1.71. The zero-order valence-electron chi connectivity index (χ0n) is 8.18. The van der Waals surface area contributed by atoms with Crippen LogP contribution in [-0.2, 0) is 4.74 Å². The molecule has 4 heteroatoms. The smallest absolute Gasteiger partial charge is 0.444 e. The van der Waals surface area contributed by atoms with Crippen LogP contribution >= 0.6 is 0 Å². The highest BCUT2D eigenvalue weighted by Crippen LogP contribution is 2.10. The predicted molar refractivity (Wildman–Crippen MR) is 52.6 cm³/mol. The Bertz CT molecular complexity index is 320. The molecule has 0 radical (unpaired) electrons. The molecule has 0 saturated heterocycles. The number of benzene rings is 1. The van der Waals surface area contributed by atoms with Crippen molar-refractivity contribution in [1.82, 2.24) is 0 Å². The van der Waals surface area contributed by atoms with Gasteiger partial charge >= 0.3 is 6.09 Å². The van der Waals surface area contributed by atoms with Crippen molar-refractivity contribution < 1.29 is 9.53 Å². The van der Waals surface area contributed by atoms with Gasteiger partial charge in [-0.2, -0.15) is 0 Å². The predicted octanol–water partition coefficient (Wildman–Crippen LogP) is 3.32. The zero-order chi connectivity index (χ0) is 10.4. The van der Waals surface area contributed by atoms with Gasteiger partial charge in [0, 0.05) is 0 Å². The second-order valence-corrected chi connectivity index (χ2v) is 2.97. The van der Waals surface area contributed by atoms with Gasteiger partial charge < -0.3 is 4.74 Å². The third-order valence-electron chi connectivity index (χ3n) is 1.34. The Kier molecular flexibility index (Phi) is 3.79. The molecule has 0 atom stereocenters. The first-order valence-electron chi connectivity index (χ1n) is 4.36. The van der Waals surface area contributed by atoms with Crippen molar-refractivity contribution in [3.05, 3.63) is 30.3 Å². The third kappa shape index (κ3) is 3.80. The maximum atomic E-state index is 10.9. The molecule has 1 aromatic carbocycles. The van der Waals surface area contributed by atoms with Crippen LogP contribution in [-0.4, -0.2) is 12.2 Å². The summed E-state index contributed by atoms with van der Waals surface area (Å²) in [4.78, 5) is 10.9. The highest BCUT2D eigenvalue weighted by atomic mass is 16.6. The maximum Gasteiger partial charge on any atom is 0.452 e. The number of amides is 1. The summed E-state index contributed by atoms with van der Waals surface area (Å²) in [5, 5.41) is 7.11. The lowest BCUT2D eigenvalue weighted by Gasteiger charge is -2.01. The van der Waals surface area contributed by atoms with Crippen LogP contribution in [0.25, 0.3) is 0 Å². The molecule has 1 aromatic rings. The van der Waals surface area contributed by atoms with Gasteiger partial charge in [-0.3, -0.25) is 0 Å². The summed E-state index contributed by atoms with van der Waals surface area (Å²) in [6.07, 6.45) is -0.832. The first-order chi connectivity index (χ1) is 6.68. The van der Waals surface area contributed by atoms with Crippen LogP contribution in [0.3, 0.4) is 0 Å². The third-order valence-corrected chi connectivity index (χ3v) is 1.34. The van der Waals surface area contributed by atoms with Gasteiger partial charge in [-0.1, -0.05) is 23.3 Å². The Morgan fingerprint density at radius 1 is 1.29 bits per heavy atom. The largest absolute Gasteiger partial charge is 0.452 e. The van der Waals surface area contributed by atoms with Crippen molar-refractivity contribution in [1.29, 1.82) is 0 Å². The van der Waals surface area contributed by atoms with Crippen molar-refractivity contribution in [2.24, 2.45) is 10.2 Å². The number of carbonyl (C=O) groups excluding carboxylic acids is 1. The molecule has 0 unspecified atom stereocenters. The lowest BCUT2D eigenvalue weighted by atomic mass is 10.3. The first kappa shape index (κ1) is 10.4. The molecule has 14 heavy (non-hydrogen) atoms. The Morgan fingerprint density at radius 2 is 1.93 bits per heavy atom. The number of ether oxygens (including phenoxy) is 1. The fourth-order valence-electron chi connectivity index (χ4n) is 0.818. The topological polar surface area (TPSA) is 51.0 Å². The molecule has 0 saturated carbocycles. The lowest BCUT2D eigenvalue weighted by molar-refractivity contribution is 0.124. The van der Waals surface area contributed by atoms with Crippen molar-refractivity contribution >= 4 is 11.8 Å². The lowest BCUT2D eigenvalue weighted by Crippen LogP contribution is -2.06. The van der Waals surface area contributed by atoms with E-state index < -0.39 is 6.09 Å². The summed E-state index contributed by atoms with van der Waals surface area (Å²) in [7, 11) is 0. The van der Waals surface area contributed by atoms with Crippen LogP contribution in [0.2, 0.25) is 0 Å². The Labute approximate surface area is 82.6 Å². The van der Waals surface area contributed by atoms with Crippen molar-refractivity contribution in [3.8, 4) is 0 Å². The molecule has 0 fully saturated rings. The fraction of sp³-hybridized carbons (Fsp3) is 0.300. The van der Waals surface area contributed by atoms with Gasteiger partial charge in [-0.25, -0.2) is 4.79 Å². The summed E-state index contributed by atoms with van der Waals surface area (Å²) in [5.74, 6) is 0. The quantitative estimate of drug-likeness (QED) is 0.675. The van der Waals surface area contributed by atoms with E-state index in [1.807, 2.05) is 18.2 Å². The summed E-state index contributed by atoms with van der Waals surface area (Å²) >= 11 is 0. The van der Waals surface area contributed by atoms with Crippen LogP contribution in [0.4, 0.5) is 10.5 Å². The molecule has 74 valence electrons. The second-order valence-electron chi connectivity index (χ2n) is 2.97. The van der Waals surface area contributed by atoms with E-state index in [2.05, 4.69) is 10.2 Å². The molecule has 0 heterocycles. The van der Waals surface area contributed by atoms with E-state index in [0.29, 0.717) is 5.69 Å². The second kappa shape index (κ2) is 5.11. The molecule has 0 aliphatic carbocycles. The molecule has 1 amide bonds. The van der Waals surface area contributed by atoms with E-state index >= 15 is 0 Å². The number of rotatable bonds is 2. The number of hydrogen-bond acceptors (Lipinski definition) is 3. The summed E-state index contributed by atoms with van der Waals surface area (Å²) in [6.45, 7) is 3.52. The van der Waals surface area contributed by atoms with Crippen molar-refractivity contribution in [3.63, 3.8) is 0 Å². The number of nitrogens with zero attached hydrogens (tertiary/aromatic N) is 2. The molecular weight excluding hydrogens is 180 g/mol. The van der Waals surface area contributed by atoms with E-state index in [1.165, 1.54) is 0 Å². The Morgan fingerprint density at radius 3 is 2.50 bits per heavy atom. The van der Waals surface area contributed by atoms with E-state index in [9.17, 15) is 4.79 Å². The van der Waals surface area contributed by atoms with E-state index in [0.717, 1.165) is 0 Å². The first-order valence-corrected chi connectivity index (χ1v) is 4.36. The summed E-state index contributed by atoms with van der Waals surface area (Å²) in [6, 6.07) is 9.02. The van der Waals surface area contributed by atoms with Crippen molar-refractivity contribution in [2.45, 2.75) is 20.0 Å². The van der Waals surface area contributed by atoms with Crippen molar-refractivity contribution in [2.75, 3.05) is 0 Å². The van der Waals surface area contributed by atoms with Gasteiger partial charge in [-0.05, 0) is 26.0 Å². The molecule has 1 rings (SSSR count). The van der Waals surface area contributed by atoms with Gasteiger partial charge in [0.2, 0.25) is 0 Å². The average molecular weight is 192 g/mol. The van der Waals surface area contributed by atoms with Gasteiger partial charge in [0.15, 0.2) is 0 Å². The summed E-state index contributed by atoms with van der Waals surface area (Å²) < 4.78 is 4.77. The number of hydrogen-bond donors (Lipinski definition) is 0. The SMILES string of the molecule is CC(C)OC(=O)N=Nc1ccccc1. The molecule has 0 spiro atoms. The molecule has 0 N–H and O–H groups in total. The van der Waals surface area contributed by atoms with E-state index in [4.69, 9.17) is 4.74 Å². The summed E-state index contributed by atoms with van der Waals surface area (Å²) in [5.41, 5.74) is 0.633. The van der Waals surface area contributed by atoms with E-state index in [-0.39, 0.29) is 6.10 Å². The Balaban J connectivity index is 2.52. The molecule has 0 aliphatic heterocycles. The molecule has 0 bridgehead atoms. The standard InChI is InChI=1S/C10H12N2O2/c1-8(2)14-10(13)12-11-9-6-4-3-5-7-9/h3-8H,1-2H3. The molecule has 4 nitrogen and oxygen atoms in total. The molecule has 0 aromatic heterocycles. The maximum absolute atomic E-state index is 10.9. The van der Waals surface area contributed by atoms with Crippen LogP contribution in [0.1, 0.15) is 13.8 Å². The van der Waals surface area contributed by atoms with Gasteiger partial charge in [-0.15, -0.1) is 5.11 Å². The van der Waals surface area contributed by atoms with Crippen LogP contribution in [0.15, 0.2) is 40.6 Å². The average Bonchev–Trinajstić information content (AvgIpc) is 2.15. The van der Waals surface area contributed by atoms with Gasteiger partial charge in [0.1, 0.15) is 0 Å². The van der Waals surface area contributed by atoms with Gasteiger partial charge in [0.05, 0.1) is 11.8 Å². The highest BCUT2D eigenvalue weighted by Gasteiger charge is 2.01. The van der Waals surface area contributed by atoms with Gasteiger partial charge in [0.25, 0.3) is 0 Å². The molecular formula is C10H12N2O2. The van der Waals surface area contributed by atoms with Crippen LogP contribution < -0.4 is 0 Å². The normalized spacial score (nSPS) is 10.8.